The standard InChI is InChI=1S/C20H21IN4O/c21-18-15-12-14(7-8-16(15)24-25-18)19(26)23-13-20(9-3-1-4-10-20)17-6-2-5-11-22-17/h2,5-8,11-12H,1,3-4,9-10,13H2,(H,23,26)(H,24,25). The molecule has 26 heavy (non-hydrogen) atoms. The lowest BCUT2D eigenvalue weighted by Gasteiger charge is -2.37. The van der Waals surface area contributed by atoms with E-state index in [2.05, 4.69) is 49.2 Å². The zero-order valence-corrected chi connectivity index (χ0v) is 16.6. The van der Waals surface area contributed by atoms with Gasteiger partial charge in [0.1, 0.15) is 3.70 Å². The number of halogens is 1. The number of hydrogen-bond acceptors (Lipinski definition) is 3. The number of nitrogens with one attached hydrogen (secondary N) is 2. The Bertz CT molecular complexity index is 916. The van der Waals surface area contributed by atoms with Crippen LogP contribution in [-0.2, 0) is 5.41 Å². The van der Waals surface area contributed by atoms with Gasteiger partial charge in [-0.1, -0.05) is 25.3 Å². The second-order valence-electron chi connectivity index (χ2n) is 7.01. The number of carbonyl (C=O) groups excluding carboxylic acids is 1. The molecule has 0 aliphatic heterocycles. The van der Waals surface area contributed by atoms with E-state index < -0.39 is 0 Å². The van der Waals surface area contributed by atoms with Crippen molar-refractivity contribution < 1.29 is 4.79 Å². The summed E-state index contributed by atoms with van der Waals surface area (Å²) in [6, 6.07) is 11.7. The molecule has 2 aromatic heterocycles. The largest absolute Gasteiger partial charge is 0.351 e. The Hall–Kier alpha value is -1.96. The Morgan fingerprint density at radius 3 is 2.81 bits per heavy atom. The topological polar surface area (TPSA) is 70.7 Å². The molecule has 0 spiro atoms. The minimum Gasteiger partial charge on any atom is -0.351 e. The van der Waals surface area contributed by atoms with Gasteiger partial charge in [0, 0.05) is 34.8 Å². The van der Waals surface area contributed by atoms with E-state index in [4.69, 9.17) is 0 Å². The monoisotopic (exact) mass is 460 g/mol. The van der Waals surface area contributed by atoms with E-state index in [0.29, 0.717) is 12.1 Å². The molecule has 4 rings (SSSR count). The zero-order valence-electron chi connectivity index (χ0n) is 14.5. The summed E-state index contributed by atoms with van der Waals surface area (Å²) in [7, 11) is 0. The molecule has 1 aliphatic carbocycles. The van der Waals surface area contributed by atoms with Crippen LogP contribution in [0.5, 0.6) is 0 Å². The molecule has 1 amide bonds. The Morgan fingerprint density at radius 2 is 2.04 bits per heavy atom. The third-order valence-corrected chi connectivity index (χ3v) is 6.21. The molecular weight excluding hydrogens is 439 g/mol. The number of rotatable bonds is 4. The molecule has 2 N–H and O–H groups in total. The minimum absolute atomic E-state index is 0.0372. The SMILES string of the molecule is O=C(NCC1(c2ccccn2)CCCCC1)c1ccc2[nH]nc(I)c2c1. The van der Waals surface area contributed by atoms with Crippen LogP contribution in [0.15, 0.2) is 42.6 Å². The van der Waals surface area contributed by atoms with Crippen molar-refractivity contribution in [3.05, 3.63) is 57.6 Å². The van der Waals surface area contributed by atoms with Crippen LogP contribution in [0, 0.1) is 3.70 Å². The number of carbonyl (C=O) groups is 1. The quantitative estimate of drug-likeness (QED) is 0.574. The summed E-state index contributed by atoms with van der Waals surface area (Å²) < 4.78 is 0.879. The Morgan fingerprint density at radius 1 is 1.19 bits per heavy atom. The maximum atomic E-state index is 12.8. The van der Waals surface area contributed by atoms with Gasteiger partial charge in [0.15, 0.2) is 0 Å². The number of aromatic amines is 1. The first-order chi connectivity index (χ1) is 12.7. The normalized spacial score (nSPS) is 16.5. The van der Waals surface area contributed by atoms with E-state index in [1.54, 1.807) is 0 Å². The van der Waals surface area contributed by atoms with E-state index in [0.717, 1.165) is 33.1 Å². The van der Waals surface area contributed by atoms with Crippen molar-refractivity contribution in [2.45, 2.75) is 37.5 Å². The molecule has 1 fully saturated rings. The Kier molecular flexibility index (Phi) is 4.93. The average Bonchev–Trinajstić information content (AvgIpc) is 3.08. The maximum absolute atomic E-state index is 12.8. The molecule has 5 nitrogen and oxygen atoms in total. The number of amides is 1. The van der Waals surface area contributed by atoms with Crippen LogP contribution in [0.1, 0.15) is 48.2 Å². The summed E-state index contributed by atoms with van der Waals surface area (Å²) >= 11 is 2.18. The summed E-state index contributed by atoms with van der Waals surface area (Å²) in [5.74, 6) is -0.0372. The van der Waals surface area contributed by atoms with Crippen LogP contribution in [0.3, 0.4) is 0 Å². The van der Waals surface area contributed by atoms with Gasteiger partial charge in [-0.2, -0.15) is 5.10 Å². The average molecular weight is 460 g/mol. The molecule has 1 aliphatic rings. The van der Waals surface area contributed by atoms with Crippen LogP contribution in [-0.4, -0.2) is 27.6 Å². The van der Waals surface area contributed by atoms with E-state index >= 15 is 0 Å². The molecule has 0 atom stereocenters. The van der Waals surface area contributed by atoms with Gasteiger partial charge in [-0.25, -0.2) is 0 Å². The lowest BCUT2D eigenvalue weighted by molar-refractivity contribution is 0.0936. The maximum Gasteiger partial charge on any atom is 0.251 e. The van der Waals surface area contributed by atoms with E-state index in [1.807, 2.05) is 36.5 Å². The van der Waals surface area contributed by atoms with Gasteiger partial charge >= 0.3 is 0 Å². The molecule has 3 aromatic rings. The first-order valence-corrected chi connectivity index (χ1v) is 10.1. The fraction of sp³-hybridized carbons (Fsp3) is 0.350. The molecule has 0 saturated heterocycles. The summed E-state index contributed by atoms with van der Waals surface area (Å²) in [4.78, 5) is 17.4. The van der Waals surface area contributed by atoms with Crippen LogP contribution in [0.4, 0.5) is 0 Å². The zero-order chi connectivity index (χ0) is 18.0. The third kappa shape index (κ3) is 3.34. The van der Waals surface area contributed by atoms with E-state index in [9.17, 15) is 4.79 Å². The molecule has 2 heterocycles. The second kappa shape index (κ2) is 7.34. The van der Waals surface area contributed by atoms with E-state index in [1.165, 1.54) is 19.3 Å². The van der Waals surface area contributed by atoms with Gasteiger partial charge in [-0.3, -0.25) is 14.9 Å². The molecule has 0 unspecified atom stereocenters. The van der Waals surface area contributed by atoms with Crippen LogP contribution in [0.2, 0.25) is 0 Å². The van der Waals surface area contributed by atoms with Crippen LogP contribution in [0.25, 0.3) is 10.9 Å². The third-order valence-electron chi connectivity index (χ3n) is 5.38. The van der Waals surface area contributed by atoms with Gasteiger partial charge in [-0.05, 0) is 65.8 Å². The summed E-state index contributed by atoms with van der Waals surface area (Å²) in [5.41, 5.74) is 2.66. The van der Waals surface area contributed by atoms with Crippen molar-refractivity contribution in [1.82, 2.24) is 20.5 Å². The molecular formula is C20H21IN4O. The molecule has 1 aromatic carbocycles. The van der Waals surface area contributed by atoms with Gasteiger partial charge < -0.3 is 5.32 Å². The highest BCUT2D eigenvalue weighted by molar-refractivity contribution is 14.1. The molecule has 0 bridgehead atoms. The molecule has 134 valence electrons. The Balaban J connectivity index is 1.55. The summed E-state index contributed by atoms with van der Waals surface area (Å²) in [5, 5.41) is 11.3. The van der Waals surface area contributed by atoms with Gasteiger partial charge in [0.2, 0.25) is 0 Å². The predicted octanol–water partition coefficient (Wildman–Crippen LogP) is 4.19. The number of H-pyrrole nitrogens is 1. The fourth-order valence-corrected chi connectivity index (χ4v) is 4.47. The number of hydrogen-bond donors (Lipinski definition) is 2. The van der Waals surface area contributed by atoms with Gasteiger partial charge in [-0.15, -0.1) is 0 Å². The highest BCUT2D eigenvalue weighted by atomic mass is 127. The number of aromatic nitrogens is 3. The highest BCUT2D eigenvalue weighted by Gasteiger charge is 2.35. The van der Waals surface area contributed by atoms with Crippen molar-refractivity contribution in [2.75, 3.05) is 6.54 Å². The van der Waals surface area contributed by atoms with Crippen molar-refractivity contribution in [3.8, 4) is 0 Å². The summed E-state index contributed by atoms with van der Waals surface area (Å²) in [6.45, 7) is 0.628. The lowest BCUT2D eigenvalue weighted by Crippen LogP contribution is -2.42. The predicted molar refractivity (Wildman–Crippen MR) is 110 cm³/mol. The van der Waals surface area contributed by atoms with Crippen molar-refractivity contribution >= 4 is 39.4 Å². The molecule has 1 saturated carbocycles. The van der Waals surface area contributed by atoms with Crippen molar-refractivity contribution in [1.29, 1.82) is 0 Å². The highest BCUT2D eigenvalue weighted by Crippen LogP contribution is 2.38. The Labute approximate surface area is 166 Å². The number of benzene rings is 1. The lowest BCUT2D eigenvalue weighted by atomic mass is 9.71. The minimum atomic E-state index is -0.0522. The number of fused-ring (bicyclic) bond motifs is 1. The smallest absolute Gasteiger partial charge is 0.251 e. The first-order valence-electron chi connectivity index (χ1n) is 9.01. The van der Waals surface area contributed by atoms with Crippen LogP contribution < -0.4 is 5.32 Å². The summed E-state index contributed by atoms with van der Waals surface area (Å²) in [6.07, 6.45) is 7.63. The van der Waals surface area contributed by atoms with E-state index in [-0.39, 0.29) is 11.3 Å². The molecule has 6 heteroatoms. The van der Waals surface area contributed by atoms with Crippen molar-refractivity contribution in [3.63, 3.8) is 0 Å². The second-order valence-corrected chi connectivity index (χ2v) is 8.04. The van der Waals surface area contributed by atoms with Gasteiger partial charge in [0.25, 0.3) is 5.91 Å². The fourth-order valence-electron chi connectivity index (χ4n) is 3.90. The number of pyridine rings is 1. The first kappa shape index (κ1) is 17.5. The van der Waals surface area contributed by atoms with Gasteiger partial charge in [0.05, 0.1) is 5.52 Å². The number of nitrogens with zero attached hydrogens (tertiary/aromatic N) is 2. The van der Waals surface area contributed by atoms with Crippen LogP contribution >= 0.6 is 22.6 Å². The van der Waals surface area contributed by atoms with Crippen molar-refractivity contribution in [2.24, 2.45) is 0 Å². The molecule has 0 radical (unpaired) electrons.